The zero-order chi connectivity index (χ0) is 24.2. The van der Waals surface area contributed by atoms with Crippen molar-refractivity contribution in [3.8, 4) is 0 Å². The van der Waals surface area contributed by atoms with E-state index in [-0.39, 0.29) is 11.2 Å². The summed E-state index contributed by atoms with van der Waals surface area (Å²) in [4.78, 5) is 2.26. The lowest BCUT2D eigenvalue weighted by Gasteiger charge is -2.32. The zero-order valence-electron chi connectivity index (χ0n) is 20.5. The van der Waals surface area contributed by atoms with Crippen LogP contribution in [0.4, 0.5) is 17.1 Å². The maximum atomic E-state index is 6.27. The first kappa shape index (κ1) is 22.0. The Morgan fingerprint density at radius 1 is 0.571 bits per heavy atom. The molecule has 0 atom stereocenters. The number of anilines is 3. The highest BCUT2D eigenvalue weighted by atomic mass is 16.7. The summed E-state index contributed by atoms with van der Waals surface area (Å²) in [7, 11) is -0.417. The molecule has 6 rings (SSSR count). The summed E-state index contributed by atoms with van der Waals surface area (Å²) in [5.74, 6) is 0. The van der Waals surface area contributed by atoms with Crippen molar-refractivity contribution in [3.05, 3.63) is 97.1 Å². The second-order valence-electron chi connectivity index (χ2n) is 10.1. The molecule has 0 saturated carbocycles. The zero-order valence-corrected chi connectivity index (χ0v) is 20.5. The van der Waals surface area contributed by atoms with Crippen LogP contribution in [0.5, 0.6) is 0 Å². The first-order valence-electron chi connectivity index (χ1n) is 12.0. The lowest BCUT2D eigenvalue weighted by molar-refractivity contribution is 0.00578. The molecule has 0 unspecified atom stereocenters. The van der Waals surface area contributed by atoms with Crippen LogP contribution in [0.2, 0.25) is 0 Å². The number of furan rings is 1. The molecule has 4 nitrogen and oxygen atoms in total. The van der Waals surface area contributed by atoms with Gasteiger partial charge in [-0.1, -0.05) is 48.5 Å². The molecular weight excluding hydrogens is 433 g/mol. The summed E-state index contributed by atoms with van der Waals surface area (Å²) < 4.78 is 18.8. The SMILES string of the molecule is CC1(C)OB(c2ccc3c(c2)oc2ccc(N(c4ccccc4)c4ccccc4)cc23)OC1(C)C. The summed E-state index contributed by atoms with van der Waals surface area (Å²) >= 11 is 0. The minimum absolute atomic E-state index is 0.381. The van der Waals surface area contributed by atoms with Gasteiger partial charge in [0.1, 0.15) is 11.2 Å². The van der Waals surface area contributed by atoms with Crippen LogP contribution in [0.3, 0.4) is 0 Å². The predicted molar refractivity (Wildman–Crippen MR) is 144 cm³/mol. The molecule has 174 valence electrons. The van der Waals surface area contributed by atoms with Crippen molar-refractivity contribution in [2.75, 3.05) is 4.90 Å². The molecule has 5 aromatic rings. The molecular formula is C30H28BNO3. The third-order valence-electron chi connectivity index (χ3n) is 7.29. The van der Waals surface area contributed by atoms with Gasteiger partial charge in [0.2, 0.25) is 0 Å². The van der Waals surface area contributed by atoms with Crippen LogP contribution in [0.25, 0.3) is 21.9 Å². The van der Waals surface area contributed by atoms with Crippen LogP contribution in [0, 0.1) is 0 Å². The molecule has 5 heteroatoms. The Kier molecular flexibility index (Phi) is 5.03. The highest BCUT2D eigenvalue weighted by Crippen LogP contribution is 2.39. The first-order chi connectivity index (χ1) is 16.8. The number of hydrogen-bond acceptors (Lipinski definition) is 4. The van der Waals surface area contributed by atoms with E-state index in [9.17, 15) is 0 Å². The molecule has 4 aromatic carbocycles. The molecule has 1 fully saturated rings. The Labute approximate surface area is 206 Å². The molecule has 35 heavy (non-hydrogen) atoms. The van der Waals surface area contributed by atoms with Gasteiger partial charge in [-0.3, -0.25) is 0 Å². The maximum absolute atomic E-state index is 6.27. The van der Waals surface area contributed by atoms with Crippen molar-refractivity contribution in [2.45, 2.75) is 38.9 Å². The highest BCUT2D eigenvalue weighted by molar-refractivity contribution is 6.62. The van der Waals surface area contributed by atoms with Gasteiger partial charge in [0.25, 0.3) is 0 Å². The fourth-order valence-corrected chi connectivity index (χ4v) is 4.65. The topological polar surface area (TPSA) is 34.8 Å². The van der Waals surface area contributed by atoms with Crippen LogP contribution in [0.1, 0.15) is 27.7 Å². The summed E-state index contributed by atoms with van der Waals surface area (Å²) in [6.07, 6.45) is 0. The molecule has 0 radical (unpaired) electrons. The van der Waals surface area contributed by atoms with Crippen LogP contribution in [-0.4, -0.2) is 18.3 Å². The number of nitrogens with zero attached hydrogens (tertiary/aromatic N) is 1. The summed E-state index contributed by atoms with van der Waals surface area (Å²) in [5, 5.41) is 2.15. The van der Waals surface area contributed by atoms with E-state index in [2.05, 4.69) is 111 Å². The lowest BCUT2D eigenvalue weighted by atomic mass is 9.79. The highest BCUT2D eigenvalue weighted by Gasteiger charge is 2.51. The molecule has 0 bridgehead atoms. The Morgan fingerprint density at radius 3 is 1.77 bits per heavy atom. The van der Waals surface area contributed by atoms with E-state index in [0.717, 1.165) is 44.5 Å². The van der Waals surface area contributed by atoms with Crippen LogP contribution in [0.15, 0.2) is 101 Å². The van der Waals surface area contributed by atoms with Gasteiger partial charge in [0.05, 0.1) is 11.2 Å². The van der Waals surface area contributed by atoms with E-state index < -0.39 is 7.12 Å². The molecule has 0 N–H and O–H groups in total. The van der Waals surface area contributed by atoms with Crippen molar-refractivity contribution in [2.24, 2.45) is 0 Å². The Bertz CT molecular complexity index is 1450. The second kappa shape index (κ2) is 8.01. The van der Waals surface area contributed by atoms with E-state index in [0.29, 0.717) is 0 Å². The molecule has 0 aliphatic carbocycles. The Morgan fingerprint density at radius 2 is 1.17 bits per heavy atom. The molecule has 1 aliphatic heterocycles. The molecule has 1 aliphatic rings. The minimum atomic E-state index is -0.417. The van der Waals surface area contributed by atoms with Gasteiger partial charge in [0, 0.05) is 27.8 Å². The quantitative estimate of drug-likeness (QED) is 0.262. The number of benzene rings is 4. The van der Waals surface area contributed by atoms with Crippen molar-refractivity contribution < 1.29 is 13.7 Å². The van der Waals surface area contributed by atoms with Crippen LogP contribution < -0.4 is 10.4 Å². The second-order valence-corrected chi connectivity index (χ2v) is 10.1. The number of rotatable bonds is 4. The Hall–Kier alpha value is -3.54. The molecule has 0 amide bonds. The van der Waals surface area contributed by atoms with E-state index in [1.54, 1.807) is 0 Å². The smallest absolute Gasteiger partial charge is 0.456 e. The van der Waals surface area contributed by atoms with Gasteiger partial charge >= 0.3 is 7.12 Å². The predicted octanol–water partition coefficient (Wildman–Crippen LogP) is 7.36. The fraction of sp³-hybridized carbons (Fsp3) is 0.200. The number of para-hydroxylation sites is 2. The van der Waals surface area contributed by atoms with Crippen LogP contribution >= 0.6 is 0 Å². The van der Waals surface area contributed by atoms with Crippen molar-refractivity contribution >= 4 is 51.6 Å². The minimum Gasteiger partial charge on any atom is -0.456 e. The van der Waals surface area contributed by atoms with E-state index in [1.165, 1.54) is 0 Å². The molecule has 1 aromatic heterocycles. The van der Waals surface area contributed by atoms with Crippen molar-refractivity contribution in [1.29, 1.82) is 0 Å². The average molecular weight is 461 g/mol. The number of hydrogen-bond donors (Lipinski definition) is 0. The average Bonchev–Trinajstić information content (AvgIpc) is 3.32. The van der Waals surface area contributed by atoms with Gasteiger partial charge in [-0.05, 0) is 81.7 Å². The van der Waals surface area contributed by atoms with Gasteiger partial charge in [-0.2, -0.15) is 0 Å². The third-order valence-corrected chi connectivity index (χ3v) is 7.29. The normalized spacial score (nSPS) is 16.7. The van der Waals surface area contributed by atoms with Crippen molar-refractivity contribution in [3.63, 3.8) is 0 Å². The number of fused-ring (bicyclic) bond motifs is 3. The van der Waals surface area contributed by atoms with Crippen LogP contribution in [-0.2, 0) is 9.31 Å². The van der Waals surface area contributed by atoms with Gasteiger partial charge < -0.3 is 18.6 Å². The van der Waals surface area contributed by atoms with Crippen molar-refractivity contribution in [1.82, 2.24) is 0 Å². The molecule has 2 heterocycles. The summed E-state index contributed by atoms with van der Waals surface area (Å²) in [6, 6.07) is 33.4. The fourth-order valence-electron chi connectivity index (χ4n) is 4.65. The Balaban J connectivity index is 1.43. The van der Waals surface area contributed by atoms with Gasteiger partial charge in [-0.15, -0.1) is 0 Å². The lowest BCUT2D eigenvalue weighted by Crippen LogP contribution is -2.41. The standard InChI is InChI=1S/C30H28BNO3/c1-29(2)30(3,4)35-31(34-29)21-15-17-25-26-20-24(16-18-27(26)33-28(25)19-21)32(22-11-7-5-8-12-22)23-13-9-6-10-14-23/h5-20H,1-4H3. The molecule has 0 spiro atoms. The molecule has 1 saturated heterocycles. The summed E-state index contributed by atoms with van der Waals surface area (Å²) in [6.45, 7) is 8.28. The largest absolute Gasteiger partial charge is 0.494 e. The maximum Gasteiger partial charge on any atom is 0.494 e. The van der Waals surface area contributed by atoms with Gasteiger partial charge in [0.15, 0.2) is 0 Å². The monoisotopic (exact) mass is 461 g/mol. The van der Waals surface area contributed by atoms with Gasteiger partial charge in [-0.25, -0.2) is 0 Å². The van der Waals surface area contributed by atoms with E-state index >= 15 is 0 Å². The third kappa shape index (κ3) is 3.72. The first-order valence-corrected chi connectivity index (χ1v) is 12.0. The summed E-state index contributed by atoms with van der Waals surface area (Å²) in [5.41, 5.74) is 5.17. The van der Waals surface area contributed by atoms with E-state index in [4.69, 9.17) is 13.7 Å². The van der Waals surface area contributed by atoms with E-state index in [1.807, 2.05) is 18.2 Å².